The minimum Gasteiger partial charge on any atom is -0.392 e. The van der Waals surface area contributed by atoms with Gasteiger partial charge in [-0.1, -0.05) is 20.3 Å². The van der Waals surface area contributed by atoms with Crippen LogP contribution in [-0.2, 0) is 4.74 Å². The smallest absolute Gasteiger partial charge is 0.0664 e. The fourth-order valence-corrected chi connectivity index (χ4v) is 1.53. The molecule has 0 aromatic rings. The summed E-state index contributed by atoms with van der Waals surface area (Å²) in [4.78, 5) is 0. The first-order chi connectivity index (χ1) is 6.16. The molecule has 13 heavy (non-hydrogen) atoms. The molecule has 78 valence electrons. The van der Waals surface area contributed by atoms with Gasteiger partial charge >= 0.3 is 0 Å². The second-order valence-corrected chi connectivity index (χ2v) is 4.38. The van der Waals surface area contributed by atoms with E-state index < -0.39 is 0 Å². The van der Waals surface area contributed by atoms with Gasteiger partial charge in [0, 0.05) is 18.5 Å². The molecule has 0 saturated carbocycles. The van der Waals surface area contributed by atoms with Gasteiger partial charge < -0.3 is 15.2 Å². The molecule has 1 heterocycles. The Kier molecular flexibility index (Phi) is 4.16. The highest BCUT2D eigenvalue weighted by atomic mass is 16.5. The number of aliphatic hydroxyl groups is 1. The standard InChI is InChI=1S/C10H21NO2/c1-3-4-9(12)5-11-6-10(2)7-13-8-10/h9,11-12H,3-8H2,1-2H3. The summed E-state index contributed by atoms with van der Waals surface area (Å²) in [6, 6.07) is 0. The summed E-state index contributed by atoms with van der Waals surface area (Å²) in [5.74, 6) is 0. The van der Waals surface area contributed by atoms with Crippen molar-refractivity contribution in [3.05, 3.63) is 0 Å². The lowest BCUT2D eigenvalue weighted by molar-refractivity contribution is -0.0996. The van der Waals surface area contributed by atoms with Gasteiger partial charge in [-0.05, 0) is 6.42 Å². The van der Waals surface area contributed by atoms with Crippen molar-refractivity contribution < 1.29 is 9.84 Å². The van der Waals surface area contributed by atoms with Crippen LogP contribution in [0.4, 0.5) is 0 Å². The molecule has 2 N–H and O–H groups in total. The SMILES string of the molecule is CCCC(O)CNCC1(C)COC1. The molecule has 0 aromatic heterocycles. The van der Waals surface area contributed by atoms with Gasteiger partial charge in [-0.15, -0.1) is 0 Å². The molecule has 0 aromatic carbocycles. The van der Waals surface area contributed by atoms with E-state index in [1.54, 1.807) is 0 Å². The number of rotatable bonds is 6. The lowest BCUT2D eigenvalue weighted by atomic mass is 9.89. The van der Waals surface area contributed by atoms with Crippen molar-refractivity contribution in [3.8, 4) is 0 Å². The lowest BCUT2D eigenvalue weighted by Crippen LogP contribution is -2.48. The highest BCUT2D eigenvalue weighted by molar-refractivity contribution is 4.83. The minimum atomic E-state index is -0.186. The summed E-state index contributed by atoms with van der Waals surface area (Å²) in [7, 11) is 0. The van der Waals surface area contributed by atoms with Gasteiger partial charge in [0.1, 0.15) is 0 Å². The van der Waals surface area contributed by atoms with E-state index in [2.05, 4.69) is 19.2 Å². The van der Waals surface area contributed by atoms with E-state index in [4.69, 9.17) is 4.74 Å². The van der Waals surface area contributed by atoms with Crippen molar-refractivity contribution in [2.24, 2.45) is 5.41 Å². The first-order valence-corrected chi connectivity index (χ1v) is 5.13. The van der Waals surface area contributed by atoms with E-state index in [0.717, 1.165) is 32.6 Å². The number of hydrogen-bond acceptors (Lipinski definition) is 3. The molecular formula is C10H21NO2. The molecule has 1 saturated heterocycles. The number of hydrogen-bond donors (Lipinski definition) is 2. The van der Waals surface area contributed by atoms with Crippen molar-refractivity contribution in [1.82, 2.24) is 5.32 Å². The maximum Gasteiger partial charge on any atom is 0.0664 e. The molecule has 1 rings (SSSR count). The zero-order chi connectivity index (χ0) is 9.73. The van der Waals surface area contributed by atoms with Crippen LogP contribution in [0.2, 0.25) is 0 Å². The summed E-state index contributed by atoms with van der Waals surface area (Å²) < 4.78 is 5.14. The molecule has 1 aliphatic rings. The van der Waals surface area contributed by atoms with Crippen LogP contribution in [0.5, 0.6) is 0 Å². The fourth-order valence-electron chi connectivity index (χ4n) is 1.53. The van der Waals surface area contributed by atoms with Crippen LogP contribution in [0.3, 0.4) is 0 Å². The molecule has 3 nitrogen and oxygen atoms in total. The summed E-state index contributed by atoms with van der Waals surface area (Å²) in [6.07, 6.45) is 1.75. The van der Waals surface area contributed by atoms with Crippen LogP contribution in [0.15, 0.2) is 0 Å². The largest absolute Gasteiger partial charge is 0.392 e. The van der Waals surface area contributed by atoms with Crippen LogP contribution in [0.1, 0.15) is 26.7 Å². The third kappa shape index (κ3) is 3.63. The van der Waals surface area contributed by atoms with E-state index in [1.165, 1.54) is 0 Å². The molecule has 0 radical (unpaired) electrons. The zero-order valence-electron chi connectivity index (χ0n) is 8.68. The maximum absolute atomic E-state index is 9.44. The molecule has 0 aliphatic carbocycles. The lowest BCUT2D eigenvalue weighted by Gasteiger charge is -2.38. The van der Waals surface area contributed by atoms with E-state index in [0.29, 0.717) is 12.0 Å². The normalized spacial score (nSPS) is 22.4. The quantitative estimate of drug-likeness (QED) is 0.645. The molecule has 3 heteroatoms. The van der Waals surface area contributed by atoms with E-state index >= 15 is 0 Å². The average Bonchev–Trinajstić information content (AvgIpc) is 2.02. The van der Waals surface area contributed by atoms with E-state index in [1.807, 2.05) is 0 Å². The van der Waals surface area contributed by atoms with Crippen molar-refractivity contribution in [2.45, 2.75) is 32.8 Å². The zero-order valence-corrected chi connectivity index (χ0v) is 8.68. The Balaban J connectivity index is 1.99. The van der Waals surface area contributed by atoms with Crippen LogP contribution >= 0.6 is 0 Å². The summed E-state index contributed by atoms with van der Waals surface area (Å²) in [6.45, 7) is 7.66. The molecule has 1 atom stereocenters. The van der Waals surface area contributed by atoms with E-state index in [9.17, 15) is 5.11 Å². The Morgan fingerprint density at radius 2 is 2.23 bits per heavy atom. The summed E-state index contributed by atoms with van der Waals surface area (Å²) in [5.41, 5.74) is 0.311. The Bertz CT molecular complexity index is 146. The van der Waals surface area contributed by atoms with Gasteiger partial charge in [-0.25, -0.2) is 0 Å². The van der Waals surface area contributed by atoms with Gasteiger partial charge in [-0.2, -0.15) is 0 Å². The van der Waals surface area contributed by atoms with Gasteiger partial charge in [0.05, 0.1) is 19.3 Å². The Hall–Kier alpha value is -0.120. The minimum absolute atomic E-state index is 0.186. The average molecular weight is 187 g/mol. The van der Waals surface area contributed by atoms with Gasteiger partial charge in [-0.3, -0.25) is 0 Å². The van der Waals surface area contributed by atoms with Crippen molar-refractivity contribution in [3.63, 3.8) is 0 Å². The fraction of sp³-hybridized carbons (Fsp3) is 1.00. The highest BCUT2D eigenvalue weighted by Gasteiger charge is 2.32. The third-order valence-corrected chi connectivity index (χ3v) is 2.45. The first-order valence-electron chi connectivity index (χ1n) is 5.13. The third-order valence-electron chi connectivity index (χ3n) is 2.45. The maximum atomic E-state index is 9.44. The second kappa shape index (κ2) is 4.94. The predicted octanol–water partition coefficient (Wildman–Crippen LogP) is 0.774. The summed E-state index contributed by atoms with van der Waals surface area (Å²) >= 11 is 0. The van der Waals surface area contributed by atoms with Crippen LogP contribution in [0.25, 0.3) is 0 Å². The van der Waals surface area contributed by atoms with Crippen LogP contribution in [0, 0.1) is 5.41 Å². The highest BCUT2D eigenvalue weighted by Crippen LogP contribution is 2.24. The summed E-state index contributed by atoms with van der Waals surface area (Å²) in [5, 5.41) is 12.7. The monoisotopic (exact) mass is 187 g/mol. The number of ether oxygens (including phenoxy) is 1. The van der Waals surface area contributed by atoms with Gasteiger partial charge in [0.25, 0.3) is 0 Å². The van der Waals surface area contributed by atoms with Crippen LogP contribution in [-0.4, -0.2) is 37.5 Å². The molecule has 1 fully saturated rings. The molecule has 1 aliphatic heterocycles. The molecule has 0 bridgehead atoms. The van der Waals surface area contributed by atoms with Crippen molar-refractivity contribution >= 4 is 0 Å². The Morgan fingerprint density at radius 1 is 1.54 bits per heavy atom. The molecule has 1 unspecified atom stereocenters. The molecule has 0 spiro atoms. The van der Waals surface area contributed by atoms with Crippen LogP contribution < -0.4 is 5.32 Å². The molecular weight excluding hydrogens is 166 g/mol. The Morgan fingerprint density at radius 3 is 2.69 bits per heavy atom. The van der Waals surface area contributed by atoms with E-state index in [-0.39, 0.29) is 6.10 Å². The van der Waals surface area contributed by atoms with Gasteiger partial charge in [0.15, 0.2) is 0 Å². The predicted molar refractivity (Wildman–Crippen MR) is 52.7 cm³/mol. The second-order valence-electron chi connectivity index (χ2n) is 4.38. The topological polar surface area (TPSA) is 41.5 Å². The number of nitrogens with one attached hydrogen (secondary N) is 1. The first kappa shape index (κ1) is 11.0. The number of aliphatic hydroxyl groups excluding tert-OH is 1. The Labute approximate surface area is 80.5 Å². The van der Waals surface area contributed by atoms with Crippen molar-refractivity contribution in [2.75, 3.05) is 26.3 Å². The molecule has 0 amide bonds. The van der Waals surface area contributed by atoms with Gasteiger partial charge in [0.2, 0.25) is 0 Å². The van der Waals surface area contributed by atoms with Crippen molar-refractivity contribution in [1.29, 1.82) is 0 Å².